The van der Waals surface area contributed by atoms with Crippen molar-refractivity contribution in [3.63, 3.8) is 0 Å². The number of halogens is 6. The molecule has 0 rings (SSSR count). The molecule has 0 aromatic carbocycles. The van der Waals surface area contributed by atoms with E-state index < -0.39 is 18.3 Å². The Morgan fingerprint density at radius 3 is 1.60 bits per heavy atom. The van der Waals surface area contributed by atoms with E-state index in [1.54, 1.807) is 0 Å². The van der Waals surface area contributed by atoms with E-state index in [4.69, 9.17) is 0 Å². The highest BCUT2D eigenvalue weighted by Crippen LogP contribution is 2.21. The molecule has 0 heterocycles. The minimum atomic E-state index is -5.39. The molecule has 0 radical (unpaired) electrons. The summed E-state index contributed by atoms with van der Waals surface area (Å²) in [5.41, 5.74) is -2.70. The Kier molecular flexibility index (Phi) is 2.67. The Morgan fingerprint density at radius 1 is 1.20 bits per heavy atom. The maximum absolute atomic E-state index is 11.1. The lowest BCUT2D eigenvalue weighted by atomic mass is 10.4. The quantitative estimate of drug-likeness (QED) is 0.417. The first-order valence-corrected chi connectivity index (χ1v) is 1.93. The van der Waals surface area contributed by atoms with Gasteiger partial charge in [0.05, 0.1) is 0 Å². The lowest BCUT2D eigenvalue weighted by molar-refractivity contribution is -0.0694. The Hall–Kier alpha value is -0.750. The minimum Gasteiger partial charge on any atom is -0.203 e. The summed E-state index contributed by atoms with van der Waals surface area (Å²) in [5, 5.41) is 0.900. The van der Waals surface area contributed by atoms with Crippen molar-refractivity contribution in [3.8, 4) is 0 Å². The summed E-state index contributed by atoms with van der Waals surface area (Å²) in [7, 11) is 0. The Bertz CT molecular complexity index is 134. The average molecular weight is 165 g/mol. The van der Waals surface area contributed by atoms with Crippen LogP contribution in [0.1, 0.15) is 0 Å². The first-order chi connectivity index (χ1) is 4.39. The second-order valence-corrected chi connectivity index (χ2v) is 1.27. The summed E-state index contributed by atoms with van der Waals surface area (Å²) in [6.07, 6.45) is -9.31. The maximum Gasteiger partial charge on any atom is 0.437 e. The summed E-state index contributed by atoms with van der Waals surface area (Å²) < 4.78 is 66.4. The van der Waals surface area contributed by atoms with Crippen molar-refractivity contribution in [1.82, 2.24) is 0 Å². The smallest absolute Gasteiger partial charge is 0.203 e. The Labute approximate surface area is 51.3 Å². The zero-order valence-electron chi connectivity index (χ0n) is 4.29. The van der Waals surface area contributed by atoms with Crippen LogP contribution in [0, 0.1) is 0 Å². The van der Waals surface area contributed by atoms with Gasteiger partial charge in [0.25, 0.3) is 6.43 Å². The Balaban J connectivity index is 4.40. The molecule has 7 heteroatoms. The topological polar surface area (TPSA) is 12.4 Å². The molecule has 0 aliphatic heterocycles. The SMILES string of the molecule is FN=C(C(F)F)C(F)(F)F. The summed E-state index contributed by atoms with van der Waals surface area (Å²) in [4.78, 5) is 0. The highest BCUT2D eigenvalue weighted by molar-refractivity contribution is 5.91. The second kappa shape index (κ2) is 2.89. The van der Waals surface area contributed by atoms with Crippen molar-refractivity contribution in [2.45, 2.75) is 12.6 Å². The molecule has 0 bridgehead atoms. The minimum absolute atomic E-state index is 0.900. The molecular weight excluding hydrogens is 164 g/mol. The van der Waals surface area contributed by atoms with Gasteiger partial charge in [-0.1, -0.05) is 9.70 Å². The van der Waals surface area contributed by atoms with Gasteiger partial charge in [0.15, 0.2) is 0 Å². The predicted octanol–water partition coefficient (Wildman–Crippen LogP) is 2.14. The van der Waals surface area contributed by atoms with Crippen molar-refractivity contribution in [2.24, 2.45) is 5.21 Å². The van der Waals surface area contributed by atoms with Gasteiger partial charge in [-0.15, -0.1) is 0 Å². The molecule has 0 fully saturated rings. The van der Waals surface area contributed by atoms with Crippen LogP contribution >= 0.6 is 0 Å². The molecule has 0 aromatic rings. The van der Waals surface area contributed by atoms with E-state index in [0.717, 1.165) is 5.21 Å². The molecule has 0 saturated carbocycles. The monoisotopic (exact) mass is 165 g/mol. The van der Waals surface area contributed by atoms with Crippen LogP contribution in [0.2, 0.25) is 0 Å². The zero-order valence-corrected chi connectivity index (χ0v) is 4.29. The number of hydrogen-bond donors (Lipinski definition) is 0. The van der Waals surface area contributed by atoms with Crippen molar-refractivity contribution in [3.05, 3.63) is 0 Å². The lowest BCUT2D eigenvalue weighted by Gasteiger charge is -2.05. The number of rotatable bonds is 1. The van der Waals surface area contributed by atoms with E-state index >= 15 is 0 Å². The van der Waals surface area contributed by atoms with Gasteiger partial charge >= 0.3 is 6.18 Å². The standard InChI is InChI=1S/C3HF6N/c4-2(5)1(10-9)3(6,7)8/h2H. The highest BCUT2D eigenvalue weighted by atomic mass is 19.4. The molecule has 0 aliphatic rings. The van der Waals surface area contributed by atoms with Crippen LogP contribution in [0.3, 0.4) is 0 Å². The normalized spacial score (nSPS) is 14.5. The van der Waals surface area contributed by atoms with Gasteiger partial charge in [0.1, 0.15) is 0 Å². The number of alkyl halides is 5. The predicted molar refractivity (Wildman–Crippen MR) is 20.6 cm³/mol. The van der Waals surface area contributed by atoms with Gasteiger partial charge < -0.3 is 0 Å². The highest BCUT2D eigenvalue weighted by Gasteiger charge is 2.42. The maximum atomic E-state index is 11.1. The van der Waals surface area contributed by atoms with Crippen molar-refractivity contribution >= 4 is 5.71 Å². The molecule has 1 nitrogen and oxygen atoms in total. The van der Waals surface area contributed by atoms with Crippen LogP contribution in [-0.4, -0.2) is 18.3 Å². The Morgan fingerprint density at radius 2 is 1.60 bits per heavy atom. The number of nitrogens with zero attached hydrogens (tertiary/aromatic N) is 1. The van der Waals surface area contributed by atoms with Crippen molar-refractivity contribution in [2.75, 3.05) is 0 Å². The van der Waals surface area contributed by atoms with E-state index in [9.17, 15) is 26.4 Å². The first-order valence-electron chi connectivity index (χ1n) is 1.93. The second-order valence-electron chi connectivity index (χ2n) is 1.27. The van der Waals surface area contributed by atoms with Crippen LogP contribution in [-0.2, 0) is 0 Å². The first kappa shape index (κ1) is 9.25. The van der Waals surface area contributed by atoms with Crippen molar-refractivity contribution < 1.29 is 26.4 Å². The molecule has 60 valence electrons. The van der Waals surface area contributed by atoms with Gasteiger partial charge in [0.2, 0.25) is 5.71 Å². The molecule has 0 spiro atoms. The summed E-state index contributed by atoms with van der Waals surface area (Å²) >= 11 is 0. The summed E-state index contributed by atoms with van der Waals surface area (Å²) in [6, 6.07) is 0. The van der Waals surface area contributed by atoms with Crippen LogP contribution in [0.5, 0.6) is 0 Å². The third kappa shape index (κ3) is 2.24. The third-order valence-electron chi connectivity index (χ3n) is 0.588. The molecule has 0 amide bonds. The van der Waals surface area contributed by atoms with Gasteiger partial charge in [-0.05, 0) is 0 Å². The fourth-order valence-electron chi connectivity index (χ4n) is 0.209. The zero-order chi connectivity index (χ0) is 8.36. The molecule has 0 unspecified atom stereocenters. The summed E-state index contributed by atoms with van der Waals surface area (Å²) in [5.74, 6) is 0. The fourth-order valence-corrected chi connectivity index (χ4v) is 0.209. The lowest BCUT2D eigenvalue weighted by Crippen LogP contribution is -2.29. The summed E-state index contributed by atoms with van der Waals surface area (Å²) in [6.45, 7) is 0. The van der Waals surface area contributed by atoms with Gasteiger partial charge in [-0.3, -0.25) is 0 Å². The third-order valence-corrected chi connectivity index (χ3v) is 0.588. The molecule has 0 aliphatic carbocycles. The van der Waals surface area contributed by atoms with E-state index in [1.807, 2.05) is 0 Å². The van der Waals surface area contributed by atoms with Crippen LogP contribution < -0.4 is 0 Å². The molecule has 0 N–H and O–H groups in total. The van der Waals surface area contributed by atoms with E-state index in [2.05, 4.69) is 0 Å². The van der Waals surface area contributed by atoms with E-state index in [1.165, 1.54) is 0 Å². The molecule has 10 heavy (non-hydrogen) atoms. The largest absolute Gasteiger partial charge is 0.437 e. The van der Waals surface area contributed by atoms with Crippen LogP contribution in [0.25, 0.3) is 0 Å². The molecular formula is C3HF6N. The molecule has 0 aromatic heterocycles. The van der Waals surface area contributed by atoms with Gasteiger partial charge in [0, 0.05) is 0 Å². The van der Waals surface area contributed by atoms with E-state index in [-0.39, 0.29) is 0 Å². The van der Waals surface area contributed by atoms with Gasteiger partial charge in [-0.25, -0.2) is 8.78 Å². The fraction of sp³-hybridized carbons (Fsp3) is 0.667. The van der Waals surface area contributed by atoms with Crippen molar-refractivity contribution in [1.29, 1.82) is 0 Å². The number of hydrogen-bond acceptors (Lipinski definition) is 1. The van der Waals surface area contributed by atoms with Gasteiger partial charge in [-0.2, -0.15) is 13.2 Å². The molecule has 0 saturated heterocycles. The van der Waals surface area contributed by atoms with E-state index in [0.29, 0.717) is 0 Å². The molecule has 0 atom stereocenters. The average Bonchev–Trinajstić information content (AvgIpc) is 1.60. The van der Waals surface area contributed by atoms with Crippen LogP contribution in [0.15, 0.2) is 5.21 Å². The van der Waals surface area contributed by atoms with Crippen LogP contribution in [0.4, 0.5) is 26.4 Å².